The Balaban J connectivity index is 0.000000561. The predicted molar refractivity (Wildman–Crippen MR) is 54.3 cm³/mol. The topological polar surface area (TPSA) is 32.5 Å². The summed E-state index contributed by atoms with van der Waals surface area (Å²) < 4.78 is 0. The molecule has 12 heavy (non-hydrogen) atoms. The molecule has 1 heterocycles. The van der Waals surface area contributed by atoms with Crippen LogP contribution in [0.4, 0.5) is 0 Å². The summed E-state index contributed by atoms with van der Waals surface area (Å²) in [6.45, 7) is 12.0. The van der Waals surface area contributed by atoms with Crippen LogP contribution in [-0.4, -0.2) is 56.1 Å². The lowest BCUT2D eigenvalue weighted by molar-refractivity contribution is 0.142. The monoisotopic (exact) mass is 173 g/mol. The summed E-state index contributed by atoms with van der Waals surface area (Å²) in [6, 6.07) is 0. The number of rotatable bonds is 2. The molecule has 0 aromatic rings. The zero-order valence-electron chi connectivity index (χ0n) is 8.71. The lowest BCUT2D eigenvalue weighted by atomic mass is 10.3. The van der Waals surface area contributed by atoms with E-state index in [9.17, 15) is 0 Å². The Labute approximate surface area is 76.5 Å². The Morgan fingerprint density at radius 1 is 0.833 bits per heavy atom. The van der Waals surface area contributed by atoms with Crippen LogP contribution in [0.25, 0.3) is 0 Å². The Bertz CT molecular complexity index is 75.8. The van der Waals surface area contributed by atoms with Gasteiger partial charge in [0.1, 0.15) is 0 Å². The molecule has 0 spiro atoms. The first-order valence-electron chi connectivity index (χ1n) is 4.89. The van der Waals surface area contributed by atoms with Crippen LogP contribution in [0.3, 0.4) is 0 Å². The molecule has 0 amide bonds. The minimum absolute atomic E-state index is 1.22. The summed E-state index contributed by atoms with van der Waals surface area (Å²) in [5.74, 6) is 0. The fourth-order valence-corrected chi connectivity index (χ4v) is 1.42. The molecule has 0 aliphatic carbocycles. The van der Waals surface area contributed by atoms with Crippen LogP contribution >= 0.6 is 0 Å². The quantitative estimate of drug-likeness (QED) is 0.648. The molecule has 1 aliphatic heterocycles. The lowest BCUT2D eigenvalue weighted by Crippen LogP contribution is -2.45. The molecule has 0 unspecified atom stereocenters. The summed E-state index contributed by atoms with van der Waals surface area (Å²) in [5.41, 5.74) is 4.50. The molecule has 3 nitrogen and oxygen atoms in total. The normalized spacial score (nSPS) is 20.0. The first-order valence-corrected chi connectivity index (χ1v) is 4.89. The van der Waals surface area contributed by atoms with E-state index < -0.39 is 0 Å². The predicted octanol–water partition coefficient (Wildman–Crippen LogP) is 0.219. The maximum Gasteiger partial charge on any atom is 0.0110 e. The van der Waals surface area contributed by atoms with E-state index in [1.54, 1.807) is 0 Å². The van der Waals surface area contributed by atoms with E-state index in [1.165, 1.54) is 46.3 Å². The number of piperazine rings is 1. The van der Waals surface area contributed by atoms with Gasteiger partial charge in [-0.2, -0.15) is 0 Å². The molecular formula is C9H23N3. The summed E-state index contributed by atoms with van der Waals surface area (Å²) in [6.07, 6.45) is 0. The van der Waals surface area contributed by atoms with E-state index in [4.69, 9.17) is 0 Å². The third-order valence-corrected chi connectivity index (χ3v) is 2.36. The van der Waals surface area contributed by atoms with Crippen LogP contribution < -0.4 is 5.73 Å². The molecule has 74 valence electrons. The van der Waals surface area contributed by atoms with Crippen molar-refractivity contribution < 1.29 is 0 Å². The molecule has 0 bridgehead atoms. The highest BCUT2D eigenvalue weighted by Crippen LogP contribution is 1.99. The number of hydrogen-bond acceptors (Lipinski definition) is 3. The Morgan fingerprint density at radius 2 is 1.08 bits per heavy atom. The number of likely N-dealkylation sites (N-methyl/N-ethyl adjacent to an activating group) is 2. The first-order chi connectivity index (χ1) is 5.86. The van der Waals surface area contributed by atoms with Gasteiger partial charge in [0.15, 0.2) is 0 Å². The minimum atomic E-state index is 1.22. The van der Waals surface area contributed by atoms with Gasteiger partial charge in [-0.3, -0.25) is 0 Å². The van der Waals surface area contributed by atoms with Crippen molar-refractivity contribution in [2.24, 2.45) is 5.73 Å². The van der Waals surface area contributed by atoms with Crippen molar-refractivity contribution in [1.29, 1.82) is 0 Å². The van der Waals surface area contributed by atoms with E-state index in [0.717, 1.165) is 0 Å². The number of nitrogens with zero attached hydrogens (tertiary/aromatic N) is 2. The molecule has 0 aromatic carbocycles. The van der Waals surface area contributed by atoms with Crippen molar-refractivity contribution in [2.45, 2.75) is 13.8 Å². The minimum Gasteiger partial charge on any atom is -0.333 e. The number of nitrogens with two attached hydrogens (primary N) is 1. The fourth-order valence-electron chi connectivity index (χ4n) is 1.42. The second-order valence-corrected chi connectivity index (χ2v) is 2.87. The van der Waals surface area contributed by atoms with Gasteiger partial charge in [-0.15, -0.1) is 0 Å². The highest BCUT2D eigenvalue weighted by Gasteiger charge is 2.12. The van der Waals surface area contributed by atoms with Gasteiger partial charge in [-0.1, -0.05) is 13.8 Å². The molecule has 3 heteroatoms. The largest absolute Gasteiger partial charge is 0.333 e. The van der Waals surface area contributed by atoms with Crippen LogP contribution in [0.15, 0.2) is 0 Å². The smallest absolute Gasteiger partial charge is 0.0110 e. The van der Waals surface area contributed by atoms with Crippen molar-refractivity contribution in [1.82, 2.24) is 9.80 Å². The highest BCUT2D eigenvalue weighted by atomic mass is 15.2. The highest BCUT2D eigenvalue weighted by molar-refractivity contribution is 4.69. The maximum absolute atomic E-state index is 4.50. The SMILES string of the molecule is CCN1CCN(CC)CC1.CN. The summed E-state index contributed by atoms with van der Waals surface area (Å²) in [5, 5.41) is 0. The van der Waals surface area contributed by atoms with Gasteiger partial charge >= 0.3 is 0 Å². The van der Waals surface area contributed by atoms with Crippen molar-refractivity contribution in [2.75, 3.05) is 46.3 Å². The standard InChI is InChI=1S/C8H18N2.CH5N/c1-3-9-5-7-10(4-2)8-6-9;1-2/h3-8H2,1-2H3;2H2,1H3. The van der Waals surface area contributed by atoms with Gasteiger partial charge in [0.25, 0.3) is 0 Å². The second-order valence-electron chi connectivity index (χ2n) is 2.87. The molecule has 1 fully saturated rings. The van der Waals surface area contributed by atoms with Crippen molar-refractivity contribution in [3.8, 4) is 0 Å². The molecule has 1 rings (SSSR count). The van der Waals surface area contributed by atoms with Crippen molar-refractivity contribution in [3.05, 3.63) is 0 Å². The van der Waals surface area contributed by atoms with Crippen LogP contribution in [-0.2, 0) is 0 Å². The molecular weight excluding hydrogens is 150 g/mol. The first kappa shape index (κ1) is 11.9. The molecule has 1 aliphatic rings. The second kappa shape index (κ2) is 7.53. The van der Waals surface area contributed by atoms with Crippen molar-refractivity contribution in [3.63, 3.8) is 0 Å². The molecule has 0 aromatic heterocycles. The van der Waals surface area contributed by atoms with Gasteiger partial charge in [0, 0.05) is 26.2 Å². The Kier molecular flexibility index (Phi) is 7.45. The Hall–Kier alpha value is -0.120. The average molecular weight is 173 g/mol. The zero-order chi connectivity index (χ0) is 9.40. The van der Waals surface area contributed by atoms with Gasteiger partial charge in [-0.05, 0) is 20.1 Å². The van der Waals surface area contributed by atoms with E-state index in [0.29, 0.717) is 0 Å². The Morgan fingerprint density at radius 3 is 1.25 bits per heavy atom. The van der Waals surface area contributed by atoms with E-state index >= 15 is 0 Å². The van der Waals surface area contributed by atoms with E-state index in [1.807, 2.05) is 0 Å². The third kappa shape index (κ3) is 4.04. The summed E-state index contributed by atoms with van der Waals surface area (Å²) in [4.78, 5) is 5.01. The summed E-state index contributed by atoms with van der Waals surface area (Å²) in [7, 11) is 1.50. The van der Waals surface area contributed by atoms with Crippen molar-refractivity contribution >= 4 is 0 Å². The van der Waals surface area contributed by atoms with Gasteiger partial charge in [0.2, 0.25) is 0 Å². The zero-order valence-corrected chi connectivity index (χ0v) is 8.71. The summed E-state index contributed by atoms with van der Waals surface area (Å²) >= 11 is 0. The molecule has 1 saturated heterocycles. The molecule has 2 N–H and O–H groups in total. The average Bonchev–Trinajstić information content (AvgIpc) is 2.21. The van der Waals surface area contributed by atoms with Crippen LogP contribution in [0.1, 0.15) is 13.8 Å². The fraction of sp³-hybridized carbons (Fsp3) is 1.00. The van der Waals surface area contributed by atoms with Crippen LogP contribution in [0.5, 0.6) is 0 Å². The molecule has 0 atom stereocenters. The van der Waals surface area contributed by atoms with Crippen LogP contribution in [0.2, 0.25) is 0 Å². The van der Waals surface area contributed by atoms with E-state index in [2.05, 4.69) is 29.4 Å². The van der Waals surface area contributed by atoms with E-state index in [-0.39, 0.29) is 0 Å². The van der Waals surface area contributed by atoms with Crippen LogP contribution in [0, 0.1) is 0 Å². The van der Waals surface area contributed by atoms with Gasteiger partial charge in [0.05, 0.1) is 0 Å². The lowest BCUT2D eigenvalue weighted by Gasteiger charge is -2.33. The molecule has 0 radical (unpaired) electrons. The molecule has 0 saturated carbocycles. The maximum atomic E-state index is 4.50. The number of hydrogen-bond donors (Lipinski definition) is 1. The third-order valence-electron chi connectivity index (χ3n) is 2.36. The van der Waals surface area contributed by atoms with Gasteiger partial charge < -0.3 is 15.5 Å². The van der Waals surface area contributed by atoms with Gasteiger partial charge in [-0.25, -0.2) is 0 Å².